The molecule has 0 radical (unpaired) electrons. The van der Waals surface area contributed by atoms with Crippen LogP contribution in [-0.4, -0.2) is 16.1 Å². The summed E-state index contributed by atoms with van der Waals surface area (Å²) in [5.74, 6) is 0.329. The summed E-state index contributed by atoms with van der Waals surface area (Å²) in [6.07, 6.45) is 3.67. The molecule has 19 heavy (non-hydrogen) atoms. The maximum atomic E-state index is 11.8. The first-order valence-electron chi connectivity index (χ1n) is 6.43. The Labute approximate surface area is 111 Å². The maximum absolute atomic E-state index is 11.8. The predicted octanol–water partition coefficient (Wildman–Crippen LogP) is 2.80. The van der Waals surface area contributed by atoms with Gasteiger partial charge in [-0.15, -0.1) is 0 Å². The van der Waals surface area contributed by atoms with Crippen molar-refractivity contribution in [2.75, 3.05) is 5.32 Å². The van der Waals surface area contributed by atoms with Crippen LogP contribution in [0.2, 0.25) is 0 Å². The molecule has 4 heteroatoms. The monoisotopic (exact) mass is 253 g/mol. The molecule has 0 saturated heterocycles. The lowest BCUT2D eigenvalue weighted by Crippen LogP contribution is -2.13. The van der Waals surface area contributed by atoms with Gasteiger partial charge in [0.2, 0.25) is 5.91 Å². The summed E-state index contributed by atoms with van der Waals surface area (Å²) < 4.78 is 0. The van der Waals surface area contributed by atoms with Crippen molar-refractivity contribution in [1.29, 1.82) is 0 Å². The fraction of sp³-hybridized carbons (Fsp3) is 0.267. The van der Waals surface area contributed by atoms with Crippen molar-refractivity contribution < 1.29 is 4.79 Å². The fourth-order valence-electron chi connectivity index (χ4n) is 2.01. The van der Waals surface area contributed by atoms with E-state index in [1.807, 2.05) is 37.3 Å². The number of aryl methyl sites for hydroxylation is 1. The molecule has 0 aliphatic heterocycles. The number of hydrogen-bond acceptors (Lipinski definition) is 3. The highest BCUT2D eigenvalue weighted by atomic mass is 16.2. The number of anilines is 1. The molecule has 1 heterocycles. The molecule has 0 unspecified atom stereocenters. The minimum atomic E-state index is 0.119. The van der Waals surface area contributed by atoms with Gasteiger partial charge in [0.15, 0.2) is 0 Å². The number of amides is 1. The van der Waals surface area contributed by atoms with Crippen LogP contribution >= 0.6 is 0 Å². The van der Waals surface area contributed by atoms with Gasteiger partial charge in [0.1, 0.15) is 0 Å². The molecular formula is C15H15N3O. The Hall–Kier alpha value is -2.23. The van der Waals surface area contributed by atoms with Crippen LogP contribution in [0.1, 0.15) is 18.4 Å². The molecule has 1 aromatic carbocycles. The first kappa shape index (κ1) is 11.8. The van der Waals surface area contributed by atoms with Crippen LogP contribution in [0.5, 0.6) is 0 Å². The quantitative estimate of drug-likeness (QED) is 0.915. The number of rotatable bonds is 3. The van der Waals surface area contributed by atoms with Gasteiger partial charge in [-0.2, -0.15) is 10.2 Å². The van der Waals surface area contributed by atoms with Gasteiger partial charge >= 0.3 is 0 Å². The van der Waals surface area contributed by atoms with Crippen molar-refractivity contribution >= 4 is 11.6 Å². The van der Waals surface area contributed by atoms with Crippen molar-refractivity contribution in [2.24, 2.45) is 5.92 Å². The Balaban J connectivity index is 1.89. The summed E-state index contributed by atoms with van der Waals surface area (Å²) in [5.41, 5.74) is 3.76. The van der Waals surface area contributed by atoms with Crippen LogP contribution < -0.4 is 5.32 Å². The molecule has 1 amide bonds. The molecule has 1 aromatic heterocycles. The molecular weight excluding hydrogens is 238 g/mol. The molecule has 0 spiro atoms. The minimum absolute atomic E-state index is 0.119. The molecule has 1 fully saturated rings. The summed E-state index contributed by atoms with van der Waals surface area (Å²) >= 11 is 0. The van der Waals surface area contributed by atoms with Crippen LogP contribution in [0.3, 0.4) is 0 Å². The Bertz CT molecular complexity index is 606. The maximum Gasteiger partial charge on any atom is 0.227 e. The van der Waals surface area contributed by atoms with Crippen LogP contribution in [0.4, 0.5) is 5.69 Å². The highest BCUT2D eigenvalue weighted by Gasteiger charge is 2.29. The second kappa shape index (κ2) is 4.80. The van der Waals surface area contributed by atoms with E-state index in [1.54, 1.807) is 6.20 Å². The lowest BCUT2D eigenvalue weighted by atomic mass is 10.0. The van der Waals surface area contributed by atoms with E-state index in [4.69, 9.17) is 0 Å². The SMILES string of the molecule is Cc1ccc(NC(=O)C2CC2)cc1-c1cccnn1. The van der Waals surface area contributed by atoms with E-state index >= 15 is 0 Å². The third-order valence-electron chi connectivity index (χ3n) is 3.30. The molecule has 4 nitrogen and oxygen atoms in total. The van der Waals surface area contributed by atoms with Gasteiger partial charge in [0, 0.05) is 23.4 Å². The van der Waals surface area contributed by atoms with Crippen LogP contribution in [0.15, 0.2) is 36.5 Å². The average molecular weight is 253 g/mol. The average Bonchev–Trinajstić information content (AvgIpc) is 3.26. The smallest absolute Gasteiger partial charge is 0.227 e. The van der Waals surface area contributed by atoms with Gasteiger partial charge in [-0.05, 0) is 49.6 Å². The van der Waals surface area contributed by atoms with Crippen molar-refractivity contribution in [1.82, 2.24) is 10.2 Å². The van der Waals surface area contributed by atoms with E-state index in [0.717, 1.165) is 35.3 Å². The van der Waals surface area contributed by atoms with Crippen molar-refractivity contribution in [3.8, 4) is 11.3 Å². The zero-order valence-corrected chi connectivity index (χ0v) is 10.8. The van der Waals surface area contributed by atoms with Crippen LogP contribution in [-0.2, 0) is 4.79 Å². The van der Waals surface area contributed by atoms with E-state index < -0.39 is 0 Å². The highest BCUT2D eigenvalue weighted by Crippen LogP contribution is 2.31. The molecule has 3 rings (SSSR count). The molecule has 96 valence electrons. The van der Waals surface area contributed by atoms with E-state index in [-0.39, 0.29) is 11.8 Å². The standard InChI is InChI=1S/C15H15N3O/c1-10-4-7-12(17-15(19)11-5-6-11)9-13(10)14-3-2-8-16-18-14/h2-4,7-9,11H,5-6H2,1H3,(H,17,19). The minimum Gasteiger partial charge on any atom is -0.326 e. The fourth-order valence-corrected chi connectivity index (χ4v) is 2.01. The zero-order valence-electron chi connectivity index (χ0n) is 10.8. The first-order valence-corrected chi connectivity index (χ1v) is 6.43. The van der Waals surface area contributed by atoms with Crippen molar-refractivity contribution in [2.45, 2.75) is 19.8 Å². The summed E-state index contributed by atoms with van der Waals surface area (Å²) in [6.45, 7) is 2.02. The Morgan fingerprint density at radius 1 is 1.32 bits per heavy atom. The normalized spacial score (nSPS) is 14.2. The van der Waals surface area contributed by atoms with Crippen molar-refractivity contribution in [3.63, 3.8) is 0 Å². The number of nitrogens with zero attached hydrogens (tertiary/aromatic N) is 2. The molecule has 1 N–H and O–H groups in total. The lowest BCUT2D eigenvalue weighted by Gasteiger charge is -2.09. The summed E-state index contributed by atoms with van der Waals surface area (Å²) in [5, 5.41) is 11.0. The highest BCUT2D eigenvalue weighted by molar-refractivity contribution is 5.94. The van der Waals surface area contributed by atoms with Crippen LogP contribution in [0, 0.1) is 12.8 Å². The second-order valence-electron chi connectivity index (χ2n) is 4.90. The molecule has 1 saturated carbocycles. The molecule has 1 aliphatic carbocycles. The predicted molar refractivity (Wildman–Crippen MR) is 73.6 cm³/mol. The van der Waals surface area contributed by atoms with Gasteiger partial charge in [-0.3, -0.25) is 4.79 Å². The van der Waals surface area contributed by atoms with Gasteiger partial charge in [-0.1, -0.05) is 6.07 Å². The third kappa shape index (κ3) is 2.62. The molecule has 1 aliphatic rings. The Morgan fingerprint density at radius 2 is 2.16 bits per heavy atom. The van der Waals surface area contributed by atoms with Gasteiger partial charge in [0.05, 0.1) is 5.69 Å². The number of benzene rings is 1. The van der Waals surface area contributed by atoms with E-state index in [1.165, 1.54) is 0 Å². The summed E-state index contributed by atoms with van der Waals surface area (Å²) in [6, 6.07) is 9.65. The topological polar surface area (TPSA) is 54.9 Å². The zero-order chi connectivity index (χ0) is 13.2. The second-order valence-corrected chi connectivity index (χ2v) is 4.90. The molecule has 2 aromatic rings. The van der Waals surface area contributed by atoms with Gasteiger partial charge in [-0.25, -0.2) is 0 Å². The molecule has 0 bridgehead atoms. The number of carbonyl (C=O) groups excluding carboxylic acids is 1. The lowest BCUT2D eigenvalue weighted by molar-refractivity contribution is -0.117. The first-order chi connectivity index (χ1) is 9.24. The van der Waals surface area contributed by atoms with Crippen molar-refractivity contribution in [3.05, 3.63) is 42.1 Å². The number of hydrogen-bond donors (Lipinski definition) is 1. The van der Waals surface area contributed by atoms with Gasteiger partial charge in [0.25, 0.3) is 0 Å². The summed E-state index contributed by atoms with van der Waals surface area (Å²) in [4.78, 5) is 11.8. The third-order valence-corrected chi connectivity index (χ3v) is 3.30. The van der Waals surface area contributed by atoms with E-state index in [0.29, 0.717) is 0 Å². The van der Waals surface area contributed by atoms with Gasteiger partial charge < -0.3 is 5.32 Å². The van der Waals surface area contributed by atoms with E-state index in [2.05, 4.69) is 15.5 Å². The Morgan fingerprint density at radius 3 is 2.84 bits per heavy atom. The van der Waals surface area contributed by atoms with E-state index in [9.17, 15) is 4.79 Å². The summed E-state index contributed by atoms with van der Waals surface area (Å²) in [7, 11) is 0. The number of aromatic nitrogens is 2. The van der Waals surface area contributed by atoms with Crippen LogP contribution in [0.25, 0.3) is 11.3 Å². The largest absolute Gasteiger partial charge is 0.326 e. The Kier molecular flexibility index (Phi) is 2.99. The molecule has 0 atom stereocenters. The number of nitrogens with one attached hydrogen (secondary N) is 1. The number of carbonyl (C=O) groups is 1.